The first kappa shape index (κ1) is 12.6. The third kappa shape index (κ3) is 5.28. The van der Waals surface area contributed by atoms with E-state index in [-0.39, 0.29) is 11.9 Å². The minimum Gasteiger partial charge on any atom is -0.352 e. The topological polar surface area (TPSA) is 58.2 Å². The van der Waals surface area contributed by atoms with Gasteiger partial charge in [-0.15, -0.1) is 0 Å². The highest BCUT2D eigenvalue weighted by molar-refractivity contribution is 7.84. The highest BCUT2D eigenvalue weighted by Gasteiger charge is 2.20. The van der Waals surface area contributed by atoms with Gasteiger partial charge in [0.15, 0.2) is 0 Å². The van der Waals surface area contributed by atoms with E-state index in [9.17, 15) is 9.00 Å². The second kappa shape index (κ2) is 6.23. The molecule has 1 amide bonds. The SMILES string of the molecule is CC(CCS(C)=O)NCC1CCC(=O)N1. The van der Waals surface area contributed by atoms with Crippen molar-refractivity contribution in [2.75, 3.05) is 18.6 Å². The third-order valence-electron chi connectivity index (χ3n) is 2.64. The molecule has 0 aliphatic carbocycles. The van der Waals surface area contributed by atoms with Crippen molar-refractivity contribution in [1.29, 1.82) is 0 Å². The molecule has 1 aliphatic rings. The molecule has 0 spiro atoms. The quantitative estimate of drug-likeness (QED) is 0.678. The lowest BCUT2D eigenvalue weighted by atomic mass is 10.2. The fourth-order valence-corrected chi connectivity index (χ4v) is 2.30. The molecule has 1 heterocycles. The van der Waals surface area contributed by atoms with Crippen molar-refractivity contribution in [1.82, 2.24) is 10.6 Å². The molecule has 3 unspecified atom stereocenters. The molecule has 0 aromatic carbocycles. The Morgan fingerprint density at radius 3 is 2.93 bits per heavy atom. The van der Waals surface area contributed by atoms with Crippen LogP contribution in [0.25, 0.3) is 0 Å². The van der Waals surface area contributed by atoms with Crippen molar-refractivity contribution in [3.8, 4) is 0 Å². The Morgan fingerprint density at radius 1 is 1.67 bits per heavy atom. The highest BCUT2D eigenvalue weighted by Crippen LogP contribution is 2.05. The van der Waals surface area contributed by atoms with Crippen LogP contribution in [0.2, 0.25) is 0 Å². The van der Waals surface area contributed by atoms with Gasteiger partial charge in [0.1, 0.15) is 0 Å². The lowest BCUT2D eigenvalue weighted by Gasteiger charge is -2.16. The zero-order valence-corrected chi connectivity index (χ0v) is 10.2. The fraction of sp³-hybridized carbons (Fsp3) is 0.900. The minimum absolute atomic E-state index is 0.157. The van der Waals surface area contributed by atoms with Crippen LogP contribution < -0.4 is 10.6 Å². The smallest absolute Gasteiger partial charge is 0.220 e. The van der Waals surface area contributed by atoms with Crippen molar-refractivity contribution in [2.24, 2.45) is 0 Å². The van der Waals surface area contributed by atoms with E-state index < -0.39 is 10.8 Å². The highest BCUT2D eigenvalue weighted by atomic mass is 32.2. The largest absolute Gasteiger partial charge is 0.352 e. The molecule has 1 saturated heterocycles. The number of hydrogen-bond acceptors (Lipinski definition) is 3. The molecule has 0 aromatic heterocycles. The summed E-state index contributed by atoms with van der Waals surface area (Å²) in [7, 11) is -0.707. The Labute approximate surface area is 93.7 Å². The zero-order chi connectivity index (χ0) is 11.3. The van der Waals surface area contributed by atoms with E-state index in [0.29, 0.717) is 12.5 Å². The van der Waals surface area contributed by atoms with Gasteiger partial charge in [-0.25, -0.2) is 0 Å². The second-order valence-corrected chi connectivity index (χ2v) is 5.73. The van der Waals surface area contributed by atoms with Gasteiger partial charge in [0.05, 0.1) is 0 Å². The number of carbonyl (C=O) groups is 1. The van der Waals surface area contributed by atoms with E-state index in [1.54, 1.807) is 6.26 Å². The van der Waals surface area contributed by atoms with Crippen molar-refractivity contribution >= 4 is 16.7 Å². The summed E-state index contributed by atoms with van der Waals surface area (Å²) in [5.41, 5.74) is 0. The Morgan fingerprint density at radius 2 is 2.40 bits per heavy atom. The van der Waals surface area contributed by atoms with Gasteiger partial charge in [0.2, 0.25) is 5.91 Å². The Bertz CT molecular complexity index is 246. The van der Waals surface area contributed by atoms with Crippen LogP contribution in [0.1, 0.15) is 26.2 Å². The van der Waals surface area contributed by atoms with Gasteiger partial charge in [-0.2, -0.15) is 0 Å². The molecule has 1 aliphatic heterocycles. The van der Waals surface area contributed by atoms with Crippen LogP contribution >= 0.6 is 0 Å². The van der Waals surface area contributed by atoms with Crippen LogP contribution in [-0.4, -0.2) is 40.8 Å². The first-order valence-corrected chi connectivity index (χ1v) is 7.13. The number of amides is 1. The molecule has 1 rings (SSSR count). The molecule has 0 saturated carbocycles. The normalized spacial score (nSPS) is 24.9. The maximum atomic E-state index is 10.9. The number of nitrogens with one attached hydrogen (secondary N) is 2. The summed E-state index contributed by atoms with van der Waals surface area (Å²) in [6, 6.07) is 0.651. The minimum atomic E-state index is -0.707. The van der Waals surface area contributed by atoms with Gasteiger partial charge in [-0.05, 0) is 19.8 Å². The summed E-state index contributed by atoms with van der Waals surface area (Å²) in [5, 5.41) is 6.26. The first-order valence-electron chi connectivity index (χ1n) is 5.40. The molecule has 88 valence electrons. The zero-order valence-electron chi connectivity index (χ0n) is 9.41. The summed E-state index contributed by atoms with van der Waals surface area (Å²) in [5.74, 6) is 0.898. The predicted molar refractivity (Wildman–Crippen MR) is 62.2 cm³/mol. The van der Waals surface area contributed by atoms with Crippen molar-refractivity contribution in [3.63, 3.8) is 0 Å². The summed E-state index contributed by atoms with van der Waals surface area (Å²) in [4.78, 5) is 10.9. The maximum Gasteiger partial charge on any atom is 0.220 e. The number of carbonyl (C=O) groups excluding carboxylic acids is 1. The maximum absolute atomic E-state index is 10.9. The van der Waals surface area contributed by atoms with Crippen molar-refractivity contribution < 1.29 is 9.00 Å². The van der Waals surface area contributed by atoms with Crippen molar-refractivity contribution in [2.45, 2.75) is 38.3 Å². The van der Waals surface area contributed by atoms with Gasteiger partial charge in [-0.3, -0.25) is 9.00 Å². The average molecular weight is 232 g/mol. The first-order chi connectivity index (χ1) is 7.08. The second-order valence-electron chi connectivity index (χ2n) is 4.18. The molecule has 3 atom stereocenters. The summed E-state index contributed by atoms with van der Waals surface area (Å²) in [6.07, 6.45) is 4.23. The molecular formula is C10H20N2O2S. The van der Waals surface area contributed by atoms with E-state index in [1.165, 1.54) is 0 Å². The fourth-order valence-electron chi connectivity index (χ4n) is 1.62. The van der Waals surface area contributed by atoms with E-state index in [0.717, 1.165) is 25.1 Å². The van der Waals surface area contributed by atoms with Gasteiger partial charge >= 0.3 is 0 Å². The van der Waals surface area contributed by atoms with E-state index in [4.69, 9.17) is 0 Å². The predicted octanol–water partition coefficient (Wildman–Crippen LogP) is 0.0117. The molecular weight excluding hydrogens is 212 g/mol. The van der Waals surface area contributed by atoms with Crippen LogP contribution in [0.4, 0.5) is 0 Å². The summed E-state index contributed by atoms with van der Waals surface area (Å²) < 4.78 is 10.9. The molecule has 5 heteroatoms. The standard InChI is InChI=1S/C10H20N2O2S/c1-8(5-6-15(2)14)11-7-9-3-4-10(13)12-9/h8-9,11H,3-7H2,1-2H3,(H,12,13). The van der Waals surface area contributed by atoms with Crippen LogP contribution in [0.5, 0.6) is 0 Å². The molecule has 0 aromatic rings. The van der Waals surface area contributed by atoms with Gasteiger partial charge in [0.25, 0.3) is 0 Å². The van der Waals surface area contributed by atoms with Gasteiger partial charge in [0, 0.05) is 47.9 Å². The summed E-state index contributed by atoms with van der Waals surface area (Å²) >= 11 is 0. The van der Waals surface area contributed by atoms with Crippen LogP contribution in [0.15, 0.2) is 0 Å². The van der Waals surface area contributed by atoms with Crippen LogP contribution in [0.3, 0.4) is 0 Å². The van der Waals surface area contributed by atoms with E-state index in [2.05, 4.69) is 17.6 Å². The van der Waals surface area contributed by atoms with Crippen LogP contribution in [-0.2, 0) is 15.6 Å². The third-order valence-corrected chi connectivity index (χ3v) is 3.45. The van der Waals surface area contributed by atoms with E-state index >= 15 is 0 Å². The molecule has 2 N–H and O–H groups in total. The summed E-state index contributed by atoms with van der Waals surface area (Å²) in [6.45, 7) is 2.91. The monoisotopic (exact) mass is 232 g/mol. The van der Waals surface area contributed by atoms with Gasteiger partial charge in [-0.1, -0.05) is 0 Å². The Balaban J connectivity index is 2.08. The Hall–Kier alpha value is -0.420. The number of rotatable bonds is 6. The van der Waals surface area contributed by atoms with Crippen LogP contribution in [0, 0.1) is 0 Å². The average Bonchev–Trinajstić information content (AvgIpc) is 2.58. The van der Waals surface area contributed by atoms with E-state index in [1.807, 2.05) is 0 Å². The number of hydrogen-bond donors (Lipinski definition) is 2. The molecule has 0 bridgehead atoms. The molecule has 4 nitrogen and oxygen atoms in total. The molecule has 15 heavy (non-hydrogen) atoms. The lowest BCUT2D eigenvalue weighted by molar-refractivity contribution is -0.119. The molecule has 1 fully saturated rings. The Kier molecular flexibility index (Phi) is 5.25. The lowest BCUT2D eigenvalue weighted by Crippen LogP contribution is -2.39. The molecule has 0 radical (unpaired) electrons. The van der Waals surface area contributed by atoms with Crippen molar-refractivity contribution in [3.05, 3.63) is 0 Å². The van der Waals surface area contributed by atoms with Gasteiger partial charge < -0.3 is 10.6 Å².